The molecular weight excluding hydrogens is 330 g/mol. The number of carbonyl (C=O) groups excluding carboxylic acids is 2. The Hall–Kier alpha value is -1.36. The molecule has 1 N–H and O–H groups in total. The van der Waals surface area contributed by atoms with Gasteiger partial charge in [-0.3, -0.25) is 4.79 Å². The van der Waals surface area contributed by atoms with Gasteiger partial charge in [-0.1, -0.05) is 83.3 Å². The Morgan fingerprint density at radius 3 is 2.19 bits per heavy atom. The van der Waals surface area contributed by atoms with Gasteiger partial charge in [0.05, 0.1) is 6.10 Å². The van der Waals surface area contributed by atoms with E-state index in [0.29, 0.717) is 0 Å². The molecule has 1 aliphatic heterocycles. The molecule has 0 aliphatic carbocycles. The second kappa shape index (κ2) is 13.8. The molecular formula is C21H37NO4. The van der Waals surface area contributed by atoms with E-state index in [1.165, 1.54) is 71.1 Å². The fourth-order valence-electron chi connectivity index (χ4n) is 3.34. The highest BCUT2D eigenvalue weighted by Gasteiger charge is 2.39. The molecule has 26 heavy (non-hydrogen) atoms. The minimum Gasteiger partial charge on any atom is -0.447 e. The van der Waals surface area contributed by atoms with Crippen LogP contribution in [0.15, 0.2) is 12.2 Å². The van der Waals surface area contributed by atoms with Gasteiger partial charge in [0.1, 0.15) is 12.6 Å². The van der Waals surface area contributed by atoms with Crippen LogP contribution in [0.3, 0.4) is 0 Å². The third-order valence-electron chi connectivity index (χ3n) is 4.95. The minimum absolute atomic E-state index is 0.0579. The van der Waals surface area contributed by atoms with Crippen LogP contribution >= 0.6 is 0 Å². The summed E-state index contributed by atoms with van der Waals surface area (Å²) in [6, 6.07) is -0.603. The molecule has 0 unspecified atom stereocenters. The van der Waals surface area contributed by atoms with Crippen molar-refractivity contribution in [3.8, 4) is 0 Å². The summed E-state index contributed by atoms with van der Waals surface area (Å²) in [5.74, 6) is -0.393. The lowest BCUT2D eigenvalue weighted by Crippen LogP contribution is -2.43. The summed E-state index contributed by atoms with van der Waals surface area (Å²) < 4.78 is 4.85. The highest BCUT2D eigenvalue weighted by Crippen LogP contribution is 2.17. The number of amides is 2. The molecule has 0 saturated carbocycles. The van der Waals surface area contributed by atoms with E-state index in [0.717, 1.165) is 17.7 Å². The number of carbonyl (C=O) groups is 2. The summed E-state index contributed by atoms with van der Waals surface area (Å²) in [6.07, 6.45) is 17.5. The van der Waals surface area contributed by atoms with E-state index in [4.69, 9.17) is 4.74 Å². The Morgan fingerprint density at radius 2 is 1.65 bits per heavy atom. The van der Waals surface area contributed by atoms with E-state index in [1.807, 2.05) is 6.08 Å². The summed E-state index contributed by atoms with van der Waals surface area (Å²) in [5, 5.41) is 10.2. The van der Waals surface area contributed by atoms with E-state index in [9.17, 15) is 14.7 Å². The van der Waals surface area contributed by atoms with Crippen molar-refractivity contribution in [3.63, 3.8) is 0 Å². The zero-order valence-electron chi connectivity index (χ0n) is 16.6. The third-order valence-corrected chi connectivity index (χ3v) is 4.95. The lowest BCUT2D eigenvalue weighted by Gasteiger charge is -2.20. The maximum atomic E-state index is 11.5. The van der Waals surface area contributed by atoms with Crippen molar-refractivity contribution in [1.82, 2.24) is 4.90 Å². The average molecular weight is 368 g/mol. The van der Waals surface area contributed by atoms with Crippen LogP contribution < -0.4 is 0 Å². The number of nitrogens with zero attached hydrogens (tertiary/aromatic N) is 1. The number of ether oxygens (including phenoxy) is 1. The number of rotatable bonds is 14. The first-order valence-corrected chi connectivity index (χ1v) is 10.4. The molecule has 5 heteroatoms. The first kappa shape index (κ1) is 22.7. The van der Waals surface area contributed by atoms with Crippen LogP contribution in [0.1, 0.15) is 90.9 Å². The van der Waals surface area contributed by atoms with E-state index < -0.39 is 24.1 Å². The molecule has 1 heterocycles. The number of unbranched alkanes of at least 4 members (excludes halogenated alkanes) is 11. The zero-order chi connectivity index (χ0) is 19.2. The van der Waals surface area contributed by atoms with E-state index in [2.05, 4.69) is 6.92 Å². The summed E-state index contributed by atoms with van der Waals surface area (Å²) in [6.45, 7) is 3.62. The molecule has 0 radical (unpaired) electrons. The molecule has 2 amide bonds. The number of allylic oxidation sites excluding steroid dienone is 1. The zero-order valence-corrected chi connectivity index (χ0v) is 16.6. The number of imide groups is 1. The summed E-state index contributed by atoms with van der Waals surface area (Å²) in [4.78, 5) is 23.9. The molecule has 0 aromatic rings. The molecule has 1 fully saturated rings. The lowest BCUT2D eigenvalue weighted by atomic mass is 10.0. The van der Waals surface area contributed by atoms with Crippen molar-refractivity contribution in [2.45, 2.75) is 103 Å². The maximum absolute atomic E-state index is 11.5. The SMILES string of the molecule is CCCCCCCCCCCCC/C=C/[C@@H](O)[C@@H]1COC(=O)N1C(C)=O. The van der Waals surface area contributed by atoms with Crippen molar-refractivity contribution in [2.24, 2.45) is 0 Å². The van der Waals surface area contributed by atoms with Crippen LogP contribution in [0.25, 0.3) is 0 Å². The van der Waals surface area contributed by atoms with Crippen molar-refractivity contribution in [2.75, 3.05) is 6.61 Å². The number of aliphatic hydroxyl groups excluding tert-OH is 1. The molecule has 2 atom stereocenters. The molecule has 150 valence electrons. The fraction of sp³-hybridized carbons (Fsp3) is 0.810. The van der Waals surface area contributed by atoms with Gasteiger partial charge in [-0.05, 0) is 12.8 Å². The molecule has 1 aliphatic rings. The van der Waals surface area contributed by atoms with Gasteiger partial charge in [-0.25, -0.2) is 9.69 Å². The Balaban J connectivity index is 2.02. The van der Waals surface area contributed by atoms with Gasteiger partial charge in [0.2, 0.25) is 5.91 Å². The third kappa shape index (κ3) is 8.84. The van der Waals surface area contributed by atoms with Gasteiger partial charge in [0.25, 0.3) is 0 Å². The van der Waals surface area contributed by atoms with Gasteiger partial charge < -0.3 is 9.84 Å². The molecule has 5 nitrogen and oxygen atoms in total. The molecule has 0 spiro atoms. The number of hydrogen-bond acceptors (Lipinski definition) is 4. The quantitative estimate of drug-likeness (QED) is 0.348. The number of hydrogen-bond donors (Lipinski definition) is 1. The normalized spacial score (nSPS) is 18.5. The van der Waals surface area contributed by atoms with Gasteiger partial charge in [-0.15, -0.1) is 0 Å². The van der Waals surface area contributed by atoms with E-state index in [-0.39, 0.29) is 6.61 Å². The largest absolute Gasteiger partial charge is 0.447 e. The second-order valence-corrected chi connectivity index (χ2v) is 7.28. The highest BCUT2D eigenvalue weighted by atomic mass is 16.6. The molecule has 1 saturated heterocycles. The second-order valence-electron chi connectivity index (χ2n) is 7.28. The Bertz CT molecular complexity index is 436. The molecule has 0 bridgehead atoms. The van der Waals surface area contributed by atoms with Crippen LogP contribution in [0.5, 0.6) is 0 Å². The van der Waals surface area contributed by atoms with Crippen LogP contribution in [0.2, 0.25) is 0 Å². The van der Waals surface area contributed by atoms with Gasteiger partial charge >= 0.3 is 6.09 Å². The fourth-order valence-corrected chi connectivity index (χ4v) is 3.34. The minimum atomic E-state index is -0.863. The van der Waals surface area contributed by atoms with Crippen LogP contribution in [0, 0.1) is 0 Å². The van der Waals surface area contributed by atoms with E-state index >= 15 is 0 Å². The first-order chi connectivity index (χ1) is 12.6. The molecule has 0 aromatic heterocycles. The monoisotopic (exact) mass is 367 g/mol. The number of aliphatic hydroxyl groups is 1. The topological polar surface area (TPSA) is 66.8 Å². The van der Waals surface area contributed by atoms with Gasteiger partial charge in [0.15, 0.2) is 0 Å². The van der Waals surface area contributed by atoms with Crippen molar-refractivity contribution < 1.29 is 19.4 Å². The van der Waals surface area contributed by atoms with Gasteiger partial charge in [-0.2, -0.15) is 0 Å². The van der Waals surface area contributed by atoms with Gasteiger partial charge in [0, 0.05) is 6.92 Å². The standard InChI is InChI=1S/C21H37NO4/c1-3-4-5-6-7-8-9-10-11-12-13-14-15-16-20(24)19-17-26-21(25)22(19)18(2)23/h15-16,19-20,24H,3-14,17H2,1-2H3/b16-15+/t19-,20+/m0/s1. The summed E-state index contributed by atoms with van der Waals surface area (Å²) >= 11 is 0. The predicted octanol–water partition coefficient (Wildman–Crippen LogP) is 4.97. The van der Waals surface area contributed by atoms with Crippen LogP contribution in [-0.4, -0.2) is 40.8 Å². The Morgan fingerprint density at radius 1 is 1.12 bits per heavy atom. The average Bonchev–Trinajstić information content (AvgIpc) is 3.00. The molecule has 1 rings (SSSR count). The van der Waals surface area contributed by atoms with Crippen molar-refractivity contribution in [1.29, 1.82) is 0 Å². The molecule has 0 aromatic carbocycles. The van der Waals surface area contributed by atoms with Crippen LogP contribution in [0.4, 0.5) is 4.79 Å². The highest BCUT2D eigenvalue weighted by molar-refractivity contribution is 5.92. The first-order valence-electron chi connectivity index (χ1n) is 10.4. The Kier molecular flexibility index (Phi) is 12.0. The van der Waals surface area contributed by atoms with Crippen molar-refractivity contribution >= 4 is 12.0 Å². The number of cyclic esters (lactones) is 1. The predicted molar refractivity (Wildman–Crippen MR) is 104 cm³/mol. The van der Waals surface area contributed by atoms with Crippen LogP contribution in [-0.2, 0) is 9.53 Å². The van der Waals surface area contributed by atoms with E-state index in [1.54, 1.807) is 6.08 Å². The van der Waals surface area contributed by atoms with Crippen molar-refractivity contribution in [3.05, 3.63) is 12.2 Å². The summed E-state index contributed by atoms with van der Waals surface area (Å²) in [5.41, 5.74) is 0. The Labute approximate surface area is 158 Å². The summed E-state index contributed by atoms with van der Waals surface area (Å²) in [7, 11) is 0. The smallest absolute Gasteiger partial charge is 0.417 e. The lowest BCUT2D eigenvalue weighted by molar-refractivity contribution is -0.128. The maximum Gasteiger partial charge on any atom is 0.417 e.